The second kappa shape index (κ2) is 9.99. The van der Waals surface area contributed by atoms with Crippen molar-refractivity contribution in [2.24, 2.45) is 0 Å². The number of rotatable bonds is 12. The molecule has 23 heavy (non-hydrogen) atoms. The van der Waals surface area contributed by atoms with Crippen LogP contribution in [0.4, 0.5) is 8.78 Å². The Morgan fingerprint density at radius 3 is 1.87 bits per heavy atom. The summed E-state index contributed by atoms with van der Waals surface area (Å²) in [6.45, 7) is 7.39. The van der Waals surface area contributed by atoms with E-state index in [0.29, 0.717) is 0 Å². The van der Waals surface area contributed by atoms with Gasteiger partial charge >= 0.3 is 145 Å². The molecule has 0 saturated heterocycles. The molecule has 0 aliphatic rings. The molecule has 0 N–H and O–H groups in total. The summed E-state index contributed by atoms with van der Waals surface area (Å²) in [4.78, 5) is 0. The van der Waals surface area contributed by atoms with Crippen molar-refractivity contribution in [1.82, 2.24) is 9.78 Å². The predicted molar refractivity (Wildman–Crippen MR) is 97.4 cm³/mol. The number of aromatic nitrogens is 2. The van der Waals surface area contributed by atoms with Crippen LogP contribution < -0.4 is 3.71 Å². The van der Waals surface area contributed by atoms with Crippen LogP contribution >= 0.6 is 0 Å². The molecule has 0 radical (unpaired) electrons. The summed E-state index contributed by atoms with van der Waals surface area (Å²) in [6, 6.07) is 2.07. The van der Waals surface area contributed by atoms with E-state index in [0.717, 1.165) is 6.92 Å². The molecule has 134 valence electrons. The minimum absolute atomic E-state index is 0.301. The van der Waals surface area contributed by atoms with E-state index in [4.69, 9.17) is 0 Å². The standard InChI is InChI=1S/C6H7F2N2.3C4H9.Sn/c1-6(7,8)5-10-4-2-3-9-10;3*1-3-4-2;/h2,4H,5H2,1H3;3*1,3-4H2,2H3;. The van der Waals surface area contributed by atoms with E-state index < -0.39 is 24.3 Å². The molecular formula is C18H34F2N2Sn. The number of hydrogen-bond acceptors (Lipinski definition) is 1. The van der Waals surface area contributed by atoms with Gasteiger partial charge in [0, 0.05) is 0 Å². The molecule has 0 unspecified atom stereocenters. The number of nitrogens with zero attached hydrogens (tertiary/aromatic N) is 2. The topological polar surface area (TPSA) is 17.8 Å². The monoisotopic (exact) mass is 436 g/mol. The van der Waals surface area contributed by atoms with Gasteiger partial charge in [0.2, 0.25) is 0 Å². The van der Waals surface area contributed by atoms with Gasteiger partial charge in [0.15, 0.2) is 0 Å². The zero-order valence-electron chi connectivity index (χ0n) is 15.4. The Kier molecular flexibility index (Phi) is 9.09. The van der Waals surface area contributed by atoms with Crippen molar-refractivity contribution in [2.45, 2.75) is 92.0 Å². The molecule has 0 aromatic carbocycles. The van der Waals surface area contributed by atoms with Gasteiger partial charge in [0.05, 0.1) is 0 Å². The molecule has 0 amide bonds. The number of unbranched alkanes of at least 4 members (excludes halogenated alkanes) is 3. The average molecular weight is 435 g/mol. The third-order valence-corrected chi connectivity index (χ3v) is 19.7. The molecule has 1 aromatic heterocycles. The van der Waals surface area contributed by atoms with Crippen LogP contribution in [0.2, 0.25) is 13.3 Å². The van der Waals surface area contributed by atoms with Crippen LogP contribution in [0.25, 0.3) is 0 Å². The summed E-state index contributed by atoms with van der Waals surface area (Å²) in [5.74, 6) is -2.70. The first kappa shape index (κ1) is 20.9. The molecule has 0 aliphatic carbocycles. The fourth-order valence-electron chi connectivity index (χ4n) is 3.32. The second-order valence-corrected chi connectivity index (χ2v) is 20.1. The molecule has 2 nitrogen and oxygen atoms in total. The van der Waals surface area contributed by atoms with Crippen molar-refractivity contribution in [3.05, 3.63) is 12.3 Å². The number of hydrogen-bond donors (Lipinski definition) is 0. The van der Waals surface area contributed by atoms with Gasteiger partial charge in [0.25, 0.3) is 0 Å². The predicted octanol–water partition coefficient (Wildman–Crippen LogP) is 5.59. The molecule has 0 bridgehead atoms. The first-order valence-electron chi connectivity index (χ1n) is 9.28. The Hall–Kier alpha value is -0.131. The number of halogens is 2. The number of alkyl halides is 2. The SMILES string of the molecule is CCC[CH2][Sn]([CH2]CCC)([CH2]CCC)[c]1ccn(CC(C)(F)F)n1. The molecule has 1 rings (SSSR count). The second-order valence-electron chi connectivity index (χ2n) is 7.06. The van der Waals surface area contributed by atoms with E-state index in [-0.39, 0.29) is 6.54 Å². The van der Waals surface area contributed by atoms with Gasteiger partial charge in [-0.2, -0.15) is 0 Å². The summed E-state index contributed by atoms with van der Waals surface area (Å²) in [6.07, 6.45) is 9.21. The van der Waals surface area contributed by atoms with Crippen molar-refractivity contribution in [3.63, 3.8) is 0 Å². The van der Waals surface area contributed by atoms with Crippen LogP contribution in [0.1, 0.15) is 66.2 Å². The molecule has 1 aromatic rings. The van der Waals surface area contributed by atoms with E-state index in [2.05, 4.69) is 31.9 Å². The first-order chi connectivity index (χ1) is 10.9. The molecule has 1 heterocycles. The van der Waals surface area contributed by atoms with Crippen LogP contribution in [0.5, 0.6) is 0 Å². The molecular weight excluding hydrogens is 401 g/mol. The summed E-state index contributed by atoms with van der Waals surface area (Å²) >= 11 is -2.55. The van der Waals surface area contributed by atoms with E-state index in [1.54, 1.807) is 6.20 Å². The van der Waals surface area contributed by atoms with Gasteiger partial charge in [-0.15, -0.1) is 0 Å². The van der Waals surface area contributed by atoms with Crippen LogP contribution in [0, 0.1) is 0 Å². The van der Waals surface area contributed by atoms with Gasteiger partial charge in [-0.25, -0.2) is 0 Å². The van der Waals surface area contributed by atoms with Crippen LogP contribution in [0.15, 0.2) is 12.3 Å². The van der Waals surface area contributed by atoms with E-state index >= 15 is 0 Å². The Morgan fingerprint density at radius 1 is 1.00 bits per heavy atom. The average Bonchev–Trinajstić information content (AvgIpc) is 2.94. The van der Waals surface area contributed by atoms with E-state index in [1.165, 1.54) is 60.2 Å². The van der Waals surface area contributed by atoms with E-state index in [1.807, 2.05) is 0 Å². The third kappa shape index (κ3) is 7.10. The van der Waals surface area contributed by atoms with Gasteiger partial charge in [-0.1, -0.05) is 0 Å². The van der Waals surface area contributed by atoms with Crippen molar-refractivity contribution in [2.75, 3.05) is 0 Å². The Morgan fingerprint density at radius 2 is 1.48 bits per heavy atom. The zero-order chi connectivity index (χ0) is 17.3. The Bertz CT molecular complexity index is 419. The zero-order valence-corrected chi connectivity index (χ0v) is 18.2. The normalized spacial score (nSPS) is 12.8. The van der Waals surface area contributed by atoms with Crippen LogP contribution in [-0.2, 0) is 6.54 Å². The van der Waals surface area contributed by atoms with Crippen molar-refractivity contribution < 1.29 is 8.78 Å². The van der Waals surface area contributed by atoms with Crippen molar-refractivity contribution >= 4 is 22.1 Å². The Balaban J connectivity index is 3.03. The van der Waals surface area contributed by atoms with E-state index in [9.17, 15) is 8.78 Å². The Labute approximate surface area is 144 Å². The molecule has 0 spiro atoms. The third-order valence-electron chi connectivity index (χ3n) is 4.65. The summed E-state index contributed by atoms with van der Waals surface area (Å²) in [7, 11) is 0. The fraction of sp³-hybridized carbons (Fsp3) is 0.833. The molecule has 0 saturated carbocycles. The minimum atomic E-state index is -2.70. The first-order valence-corrected chi connectivity index (χ1v) is 16.8. The fourth-order valence-corrected chi connectivity index (χ4v) is 18.7. The van der Waals surface area contributed by atoms with Crippen LogP contribution in [-0.4, -0.2) is 34.1 Å². The van der Waals surface area contributed by atoms with Gasteiger partial charge in [0.1, 0.15) is 0 Å². The van der Waals surface area contributed by atoms with Crippen molar-refractivity contribution in [3.8, 4) is 0 Å². The summed E-state index contributed by atoms with van der Waals surface area (Å²) < 4.78 is 33.2. The molecule has 0 atom stereocenters. The van der Waals surface area contributed by atoms with Gasteiger partial charge in [-0.3, -0.25) is 0 Å². The summed E-state index contributed by atoms with van der Waals surface area (Å²) in [5, 5.41) is 4.66. The molecule has 0 aliphatic heterocycles. The summed E-state index contributed by atoms with van der Waals surface area (Å²) in [5.41, 5.74) is 0. The molecule has 0 fully saturated rings. The van der Waals surface area contributed by atoms with Crippen molar-refractivity contribution in [1.29, 1.82) is 0 Å². The van der Waals surface area contributed by atoms with Gasteiger partial charge < -0.3 is 0 Å². The van der Waals surface area contributed by atoms with Crippen LogP contribution in [0.3, 0.4) is 0 Å². The van der Waals surface area contributed by atoms with Gasteiger partial charge in [-0.05, 0) is 0 Å². The molecule has 5 heteroatoms. The quantitative estimate of drug-likeness (QED) is 0.392. The maximum atomic E-state index is 13.3. The maximum absolute atomic E-state index is 13.3.